The third kappa shape index (κ3) is 5.10. The summed E-state index contributed by atoms with van der Waals surface area (Å²) in [7, 11) is 0.109. The largest absolute Gasteiger partial charge is 0.385 e. The van der Waals surface area contributed by atoms with Crippen molar-refractivity contribution in [2.24, 2.45) is 7.05 Å². The van der Waals surface area contributed by atoms with Gasteiger partial charge in [0.05, 0.1) is 4.90 Å². The van der Waals surface area contributed by atoms with Crippen LogP contribution in [0.3, 0.4) is 0 Å². The zero-order valence-electron chi connectivity index (χ0n) is 12.8. The molecule has 0 bridgehead atoms. The number of hydrogen-bond acceptors (Lipinski definition) is 4. The van der Waals surface area contributed by atoms with Crippen LogP contribution in [0, 0.1) is 0 Å². The van der Waals surface area contributed by atoms with Gasteiger partial charge in [0.1, 0.15) is 0 Å². The number of nitrogens with zero attached hydrogens (tertiary/aromatic N) is 1. The molecule has 1 saturated carbocycles. The molecule has 1 aliphatic rings. The molecule has 1 aromatic heterocycles. The number of rotatable bonds is 10. The van der Waals surface area contributed by atoms with E-state index in [4.69, 9.17) is 4.74 Å². The van der Waals surface area contributed by atoms with Crippen LogP contribution in [0.25, 0.3) is 0 Å². The summed E-state index contributed by atoms with van der Waals surface area (Å²) < 4.78 is 33.9. The number of unbranched alkanes of at least 4 members (excludes halogenated alkanes) is 1. The number of hydrogen-bond donors (Lipinski definition) is 2. The monoisotopic (exact) mass is 315 g/mol. The topological polar surface area (TPSA) is 72.4 Å². The lowest BCUT2D eigenvalue weighted by molar-refractivity contribution is 0.193. The first-order valence-electron chi connectivity index (χ1n) is 7.40. The normalized spacial score (nSPS) is 15.5. The predicted molar refractivity (Wildman–Crippen MR) is 81.6 cm³/mol. The summed E-state index contributed by atoms with van der Waals surface area (Å²) in [4.78, 5) is 0.337. The minimum atomic E-state index is -3.41. The molecule has 0 aliphatic heterocycles. The molecule has 0 radical (unpaired) electrons. The quantitative estimate of drug-likeness (QED) is 0.631. The number of methoxy groups -OCH3 is 1. The van der Waals surface area contributed by atoms with Gasteiger partial charge in [-0.3, -0.25) is 0 Å². The van der Waals surface area contributed by atoms with Crippen LogP contribution in [0.4, 0.5) is 0 Å². The van der Waals surface area contributed by atoms with E-state index < -0.39 is 10.0 Å². The van der Waals surface area contributed by atoms with Gasteiger partial charge in [-0.1, -0.05) is 0 Å². The molecule has 1 aromatic rings. The second-order valence-corrected chi connectivity index (χ2v) is 7.30. The van der Waals surface area contributed by atoms with Crippen LogP contribution < -0.4 is 10.0 Å². The fourth-order valence-corrected chi connectivity index (χ4v) is 3.27. The van der Waals surface area contributed by atoms with Crippen LogP contribution in [-0.2, 0) is 28.4 Å². The summed E-state index contributed by atoms with van der Waals surface area (Å²) in [5.74, 6) is 0. The van der Waals surface area contributed by atoms with Crippen molar-refractivity contribution in [3.05, 3.63) is 18.0 Å². The molecule has 2 N–H and O–H groups in total. The molecule has 2 rings (SSSR count). The molecule has 7 heteroatoms. The van der Waals surface area contributed by atoms with E-state index in [9.17, 15) is 8.42 Å². The van der Waals surface area contributed by atoms with Gasteiger partial charge in [0.2, 0.25) is 10.0 Å². The average molecular weight is 315 g/mol. The highest BCUT2D eigenvalue weighted by atomic mass is 32.2. The number of ether oxygens (including phenoxy) is 1. The van der Waals surface area contributed by atoms with Crippen molar-refractivity contribution in [1.29, 1.82) is 0 Å². The Kier molecular flexibility index (Phi) is 5.80. The fraction of sp³-hybridized carbons (Fsp3) is 0.714. The molecule has 1 fully saturated rings. The zero-order chi connectivity index (χ0) is 15.3. The van der Waals surface area contributed by atoms with Gasteiger partial charge in [-0.15, -0.1) is 0 Å². The lowest BCUT2D eigenvalue weighted by atomic mass is 10.3. The summed E-state index contributed by atoms with van der Waals surface area (Å²) in [5, 5.41) is 3.39. The highest BCUT2D eigenvalue weighted by Crippen LogP contribution is 2.20. The predicted octanol–water partition coefficient (Wildman–Crippen LogP) is 0.982. The van der Waals surface area contributed by atoms with Gasteiger partial charge in [0.15, 0.2) is 0 Å². The fourth-order valence-electron chi connectivity index (χ4n) is 2.10. The molecule has 0 aromatic carbocycles. The van der Waals surface area contributed by atoms with E-state index in [1.165, 1.54) is 12.8 Å². The smallest absolute Gasteiger partial charge is 0.242 e. The number of aryl methyl sites for hydroxylation is 1. The summed E-state index contributed by atoms with van der Waals surface area (Å²) in [6.45, 7) is 1.81. The van der Waals surface area contributed by atoms with Gasteiger partial charge in [0.25, 0.3) is 0 Å². The molecule has 1 heterocycles. The Morgan fingerprint density at radius 1 is 1.38 bits per heavy atom. The Hall–Kier alpha value is -0.890. The van der Waals surface area contributed by atoms with Gasteiger partial charge in [0, 0.05) is 51.8 Å². The lowest BCUT2D eigenvalue weighted by Gasteiger charge is -2.04. The summed E-state index contributed by atoms with van der Waals surface area (Å²) in [6, 6.07) is 2.35. The van der Waals surface area contributed by atoms with E-state index in [-0.39, 0.29) is 0 Å². The standard InChI is InChI=1S/C14H25N3O3S/c1-17-11-14(9-13(17)10-15-12-5-6-12)21(18,19)16-7-3-4-8-20-2/h9,11-12,15-16H,3-8,10H2,1-2H3. The minimum Gasteiger partial charge on any atom is -0.385 e. The van der Waals surface area contributed by atoms with Crippen molar-refractivity contribution in [1.82, 2.24) is 14.6 Å². The molecule has 0 spiro atoms. The maximum absolute atomic E-state index is 12.2. The van der Waals surface area contributed by atoms with Crippen LogP contribution in [0.15, 0.2) is 17.2 Å². The van der Waals surface area contributed by atoms with E-state index in [2.05, 4.69) is 10.0 Å². The third-order valence-corrected chi connectivity index (χ3v) is 5.04. The van der Waals surface area contributed by atoms with Gasteiger partial charge < -0.3 is 14.6 Å². The Labute approximate surface area is 126 Å². The molecule has 120 valence electrons. The van der Waals surface area contributed by atoms with Crippen molar-refractivity contribution in [2.75, 3.05) is 20.3 Å². The van der Waals surface area contributed by atoms with Crippen LogP contribution in [0.1, 0.15) is 31.4 Å². The number of aromatic nitrogens is 1. The highest BCUT2D eigenvalue weighted by molar-refractivity contribution is 7.89. The van der Waals surface area contributed by atoms with Crippen molar-refractivity contribution < 1.29 is 13.2 Å². The SMILES string of the molecule is COCCCCNS(=O)(=O)c1cc(CNC2CC2)n(C)c1. The molecule has 1 aliphatic carbocycles. The maximum Gasteiger partial charge on any atom is 0.242 e. The molecule has 0 saturated heterocycles. The van der Waals surface area contributed by atoms with E-state index in [0.29, 0.717) is 30.6 Å². The average Bonchev–Trinajstić information content (AvgIpc) is 3.19. The summed E-state index contributed by atoms with van der Waals surface area (Å²) >= 11 is 0. The van der Waals surface area contributed by atoms with Crippen LogP contribution in [0.5, 0.6) is 0 Å². The van der Waals surface area contributed by atoms with E-state index in [1.54, 1.807) is 19.4 Å². The first kappa shape index (κ1) is 16.5. The van der Waals surface area contributed by atoms with Gasteiger partial charge in [-0.2, -0.15) is 0 Å². The van der Waals surface area contributed by atoms with E-state index in [1.807, 2.05) is 11.6 Å². The number of nitrogens with one attached hydrogen (secondary N) is 2. The Balaban J connectivity index is 1.87. The summed E-state index contributed by atoms with van der Waals surface area (Å²) in [5.41, 5.74) is 0.988. The molecule has 21 heavy (non-hydrogen) atoms. The van der Waals surface area contributed by atoms with Gasteiger partial charge >= 0.3 is 0 Å². The maximum atomic E-state index is 12.2. The van der Waals surface area contributed by atoms with Crippen LogP contribution in [-0.4, -0.2) is 39.3 Å². The molecular formula is C14H25N3O3S. The van der Waals surface area contributed by atoms with Gasteiger partial charge in [-0.25, -0.2) is 13.1 Å². The molecular weight excluding hydrogens is 290 g/mol. The second-order valence-electron chi connectivity index (χ2n) is 5.53. The first-order chi connectivity index (χ1) is 10.0. The third-order valence-electron chi connectivity index (χ3n) is 3.61. The zero-order valence-corrected chi connectivity index (χ0v) is 13.6. The minimum absolute atomic E-state index is 0.337. The van der Waals surface area contributed by atoms with Crippen LogP contribution >= 0.6 is 0 Å². The van der Waals surface area contributed by atoms with Crippen molar-refractivity contribution in [2.45, 2.75) is 43.2 Å². The Morgan fingerprint density at radius 3 is 2.81 bits per heavy atom. The van der Waals surface area contributed by atoms with Crippen molar-refractivity contribution in [3.8, 4) is 0 Å². The number of sulfonamides is 1. The van der Waals surface area contributed by atoms with Gasteiger partial charge in [-0.05, 0) is 31.7 Å². The van der Waals surface area contributed by atoms with E-state index >= 15 is 0 Å². The molecule has 0 amide bonds. The first-order valence-corrected chi connectivity index (χ1v) is 8.88. The Bertz CT molecular complexity index is 550. The highest BCUT2D eigenvalue weighted by Gasteiger charge is 2.22. The Morgan fingerprint density at radius 2 is 2.14 bits per heavy atom. The van der Waals surface area contributed by atoms with Crippen molar-refractivity contribution >= 4 is 10.0 Å². The molecule has 6 nitrogen and oxygen atoms in total. The van der Waals surface area contributed by atoms with Crippen molar-refractivity contribution in [3.63, 3.8) is 0 Å². The van der Waals surface area contributed by atoms with E-state index in [0.717, 1.165) is 18.5 Å². The van der Waals surface area contributed by atoms with Crippen LogP contribution in [0.2, 0.25) is 0 Å². The molecule has 0 unspecified atom stereocenters. The summed E-state index contributed by atoms with van der Waals surface area (Å²) in [6.07, 6.45) is 5.74. The second kappa shape index (κ2) is 7.40. The molecule has 0 atom stereocenters. The lowest BCUT2D eigenvalue weighted by Crippen LogP contribution is -2.24.